The van der Waals surface area contributed by atoms with Gasteiger partial charge in [-0.1, -0.05) is 0 Å². The standard InChI is InChI=1S/C15H17FN4O2.C2HF3O2/c16-11-5-9-13(6-12(11)19-4-3-17)20(8-1-2-8)7-10(14(9)21)15(18)22;3-2(4,5)1(6)7/h5-8,19H,1-4,17H2,(H2,18,22);(H,6,7). The largest absolute Gasteiger partial charge is 0.490 e. The third-order valence-corrected chi connectivity index (χ3v) is 4.03. The summed E-state index contributed by atoms with van der Waals surface area (Å²) in [4.78, 5) is 32.7. The average Bonchev–Trinajstić information content (AvgIpc) is 3.45. The molecule has 6 N–H and O–H groups in total. The second kappa shape index (κ2) is 8.47. The predicted octanol–water partition coefficient (Wildman–Crippen LogP) is 1.58. The molecule has 1 aliphatic carbocycles. The van der Waals surface area contributed by atoms with Gasteiger partial charge in [0.05, 0.1) is 11.2 Å². The van der Waals surface area contributed by atoms with Crippen LogP contribution in [0, 0.1) is 5.82 Å². The van der Waals surface area contributed by atoms with Gasteiger partial charge in [0.25, 0.3) is 5.91 Å². The Morgan fingerprint density at radius 2 is 1.86 bits per heavy atom. The molecule has 0 saturated heterocycles. The topological polar surface area (TPSA) is 140 Å². The lowest BCUT2D eigenvalue weighted by atomic mass is 10.1. The Hall–Kier alpha value is -3.15. The lowest BCUT2D eigenvalue weighted by Gasteiger charge is -2.14. The third kappa shape index (κ3) is 5.22. The van der Waals surface area contributed by atoms with Crippen LogP contribution in [0.1, 0.15) is 29.2 Å². The highest BCUT2D eigenvalue weighted by Crippen LogP contribution is 2.37. The van der Waals surface area contributed by atoms with Crippen LogP contribution in [0.15, 0.2) is 23.1 Å². The minimum atomic E-state index is -5.08. The molecule has 12 heteroatoms. The van der Waals surface area contributed by atoms with Crippen molar-refractivity contribution in [1.29, 1.82) is 0 Å². The maximum Gasteiger partial charge on any atom is 0.490 e. The summed E-state index contributed by atoms with van der Waals surface area (Å²) in [6.07, 6.45) is -1.69. The second-order valence-electron chi connectivity index (χ2n) is 6.24. The Kier molecular flexibility index (Phi) is 6.47. The lowest BCUT2D eigenvalue weighted by molar-refractivity contribution is -0.192. The van der Waals surface area contributed by atoms with Gasteiger partial charge in [-0.25, -0.2) is 9.18 Å². The number of hydrogen-bond donors (Lipinski definition) is 4. The first-order valence-corrected chi connectivity index (χ1v) is 8.39. The van der Waals surface area contributed by atoms with Crippen molar-refractivity contribution in [3.05, 3.63) is 39.9 Å². The second-order valence-corrected chi connectivity index (χ2v) is 6.24. The number of carboxylic acids is 1. The molecular formula is C17H18F4N4O4. The van der Waals surface area contributed by atoms with Crippen LogP contribution in [0.3, 0.4) is 0 Å². The number of hydrogen-bond acceptors (Lipinski definition) is 5. The Balaban J connectivity index is 0.000000370. The summed E-state index contributed by atoms with van der Waals surface area (Å²) in [6.45, 7) is 0.795. The predicted molar refractivity (Wildman–Crippen MR) is 96.2 cm³/mol. The summed E-state index contributed by atoms with van der Waals surface area (Å²) in [5.74, 6) is -4.11. The molecule has 0 atom stereocenters. The molecule has 1 aliphatic rings. The van der Waals surface area contributed by atoms with Crippen molar-refractivity contribution in [1.82, 2.24) is 4.57 Å². The van der Waals surface area contributed by atoms with E-state index in [1.54, 1.807) is 6.07 Å². The monoisotopic (exact) mass is 418 g/mol. The van der Waals surface area contributed by atoms with Gasteiger partial charge in [-0.05, 0) is 25.0 Å². The van der Waals surface area contributed by atoms with Crippen molar-refractivity contribution in [3.63, 3.8) is 0 Å². The number of nitrogens with one attached hydrogen (secondary N) is 1. The van der Waals surface area contributed by atoms with Crippen molar-refractivity contribution in [2.24, 2.45) is 11.5 Å². The lowest BCUT2D eigenvalue weighted by Crippen LogP contribution is -2.24. The summed E-state index contributed by atoms with van der Waals surface area (Å²) < 4.78 is 47.7. The van der Waals surface area contributed by atoms with E-state index in [0.717, 1.165) is 18.9 Å². The quantitative estimate of drug-likeness (QED) is 0.544. The van der Waals surface area contributed by atoms with Crippen molar-refractivity contribution in [2.75, 3.05) is 18.4 Å². The Bertz CT molecular complexity index is 1000. The fraction of sp³-hybridized carbons (Fsp3) is 0.353. The summed E-state index contributed by atoms with van der Waals surface area (Å²) in [7, 11) is 0. The SMILES string of the molecule is NCCNc1cc2c(cc1F)c(=O)c(C(N)=O)cn2C1CC1.O=C(O)C(F)(F)F. The molecule has 1 fully saturated rings. The number of aromatic nitrogens is 1. The zero-order chi connectivity index (χ0) is 21.9. The Labute approximate surface area is 161 Å². The highest BCUT2D eigenvalue weighted by atomic mass is 19.4. The van der Waals surface area contributed by atoms with Crippen LogP contribution in [-0.2, 0) is 4.79 Å². The van der Waals surface area contributed by atoms with Crippen LogP contribution in [0.5, 0.6) is 0 Å². The number of pyridine rings is 1. The van der Waals surface area contributed by atoms with Crippen LogP contribution in [0.25, 0.3) is 10.9 Å². The first-order chi connectivity index (χ1) is 13.5. The van der Waals surface area contributed by atoms with E-state index in [0.29, 0.717) is 24.3 Å². The Morgan fingerprint density at radius 1 is 1.28 bits per heavy atom. The van der Waals surface area contributed by atoms with Crippen molar-refractivity contribution in [3.8, 4) is 0 Å². The fourth-order valence-corrected chi connectivity index (χ4v) is 2.54. The van der Waals surface area contributed by atoms with Gasteiger partial charge in [-0.2, -0.15) is 13.2 Å². The molecule has 0 spiro atoms. The molecule has 1 aromatic carbocycles. The van der Waals surface area contributed by atoms with Gasteiger partial charge in [-0.15, -0.1) is 0 Å². The normalized spacial score (nSPS) is 13.6. The minimum absolute atomic E-state index is 0.110. The number of carbonyl (C=O) groups is 2. The molecule has 0 radical (unpaired) electrons. The number of benzene rings is 1. The van der Waals surface area contributed by atoms with Crippen LogP contribution in [-0.4, -0.2) is 40.8 Å². The number of fused-ring (bicyclic) bond motifs is 1. The van der Waals surface area contributed by atoms with Gasteiger partial charge in [0, 0.05) is 30.7 Å². The number of nitrogens with two attached hydrogens (primary N) is 2. The van der Waals surface area contributed by atoms with Gasteiger partial charge >= 0.3 is 12.1 Å². The maximum atomic E-state index is 14.1. The molecule has 1 saturated carbocycles. The first-order valence-electron chi connectivity index (χ1n) is 8.39. The highest BCUT2D eigenvalue weighted by molar-refractivity contribution is 5.96. The number of primary amides is 1. The van der Waals surface area contributed by atoms with E-state index < -0.39 is 29.3 Å². The molecular weight excluding hydrogens is 400 g/mol. The fourth-order valence-electron chi connectivity index (χ4n) is 2.54. The van der Waals surface area contributed by atoms with E-state index >= 15 is 0 Å². The number of nitrogens with zero attached hydrogens (tertiary/aromatic N) is 1. The number of aliphatic carboxylic acids is 1. The van der Waals surface area contributed by atoms with E-state index in [1.807, 2.05) is 4.57 Å². The third-order valence-electron chi connectivity index (χ3n) is 4.03. The van der Waals surface area contributed by atoms with Gasteiger partial charge in [0.2, 0.25) is 5.43 Å². The molecule has 0 unspecified atom stereocenters. The van der Waals surface area contributed by atoms with Gasteiger partial charge in [0.15, 0.2) is 0 Å². The van der Waals surface area contributed by atoms with E-state index in [-0.39, 0.29) is 17.0 Å². The maximum absolute atomic E-state index is 14.1. The van der Waals surface area contributed by atoms with E-state index in [4.69, 9.17) is 21.4 Å². The zero-order valence-corrected chi connectivity index (χ0v) is 14.9. The number of anilines is 1. The van der Waals surface area contributed by atoms with Gasteiger partial charge in [0.1, 0.15) is 11.4 Å². The summed E-state index contributed by atoms with van der Waals surface area (Å²) in [5.41, 5.74) is 10.9. The summed E-state index contributed by atoms with van der Waals surface area (Å²) in [5, 5.41) is 10.2. The van der Waals surface area contributed by atoms with Gasteiger partial charge in [-0.3, -0.25) is 9.59 Å². The number of amides is 1. The highest BCUT2D eigenvalue weighted by Gasteiger charge is 2.38. The zero-order valence-electron chi connectivity index (χ0n) is 14.9. The smallest absolute Gasteiger partial charge is 0.475 e. The molecule has 2 aromatic rings. The molecule has 1 aromatic heterocycles. The molecule has 0 bridgehead atoms. The molecule has 1 heterocycles. The summed E-state index contributed by atoms with van der Waals surface area (Å²) >= 11 is 0. The summed E-state index contributed by atoms with van der Waals surface area (Å²) in [6, 6.07) is 2.96. The van der Waals surface area contributed by atoms with Crippen LogP contribution in [0.2, 0.25) is 0 Å². The molecule has 29 heavy (non-hydrogen) atoms. The van der Waals surface area contributed by atoms with Gasteiger partial charge < -0.3 is 26.5 Å². The number of rotatable bonds is 5. The van der Waals surface area contributed by atoms with E-state index in [1.165, 1.54) is 6.20 Å². The van der Waals surface area contributed by atoms with Crippen molar-refractivity contribution >= 4 is 28.5 Å². The minimum Gasteiger partial charge on any atom is -0.475 e. The van der Waals surface area contributed by atoms with Crippen LogP contribution < -0.4 is 22.2 Å². The molecule has 0 aliphatic heterocycles. The Morgan fingerprint density at radius 3 is 2.31 bits per heavy atom. The number of carbonyl (C=O) groups excluding carboxylic acids is 1. The number of alkyl halides is 3. The molecule has 1 amide bonds. The first kappa shape index (κ1) is 22.1. The van der Waals surface area contributed by atoms with E-state index in [9.17, 15) is 27.2 Å². The van der Waals surface area contributed by atoms with Crippen molar-refractivity contribution in [2.45, 2.75) is 25.1 Å². The molecule has 3 rings (SSSR count). The number of halogens is 4. The molecule has 158 valence electrons. The average molecular weight is 418 g/mol. The van der Waals surface area contributed by atoms with Crippen LogP contribution in [0.4, 0.5) is 23.2 Å². The number of carboxylic acid groups (broad SMARTS) is 1. The molecule has 8 nitrogen and oxygen atoms in total. The van der Waals surface area contributed by atoms with Crippen molar-refractivity contribution < 1.29 is 32.3 Å². The van der Waals surface area contributed by atoms with Crippen LogP contribution >= 0.6 is 0 Å². The van der Waals surface area contributed by atoms with E-state index in [2.05, 4.69) is 5.32 Å².